The molecule has 2 heterocycles. The molecular weight excluding hydrogens is 408 g/mol. The first-order valence-electron chi connectivity index (χ1n) is 10.1. The maximum absolute atomic E-state index is 13.5. The van der Waals surface area contributed by atoms with Crippen LogP contribution in [0.5, 0.6) is 5.75 Å². The summed E-state index contributed by atoms with van der Waals surface area (Å²) in [5, 5.41) is 5.10. The van der Waals surface area contributed by atoms with E-state index in [1.54, 1.807) is 12.1 Å². The van der Waals surface area contributed by atoms with Crippen molar-refractivity contribution in [1.82, 2.24) is 0 Å². The van der Waals surface area contributed by atoms with Crippen molar-refractivity contribution in [1.29, 1.82) is 0 Å². The molecule has 0 fully saturated rings. The zero-order chi connectivity index (χ0) is 22.1. The van der Waals surface area contributed by atoms with Crippen molar-refractivity contribution in [2.24, 2.45) is 0 Å². The molecule has 0 spiro atoms. The predicted octanol–water partition coefficient (Wildman–Crippen LogP) is 5.59. The molecule has 4 rings (SSSR count). The molecule has 31 heavy (non-hydrogen) atoms. The molecule has 5 nitrogen and oxygen atoms in total. The van der Waals surface area contributed by atoms with Gasteiger partial charge >= 0.3 is 0 Å². The molecule has 158 valence electrons. The lowest BCUT2D eigenvalue weighted by Gasteiger charge is -2.19. The van der Waals surface area contributed by atoms with Crippen LogP contribution >= 0.6 is 11.3 Å². The largest absolute Gasteiger partial charge is 0.495 e. The molecule has 1 N–H and O–H groups in total. The lowest BCUT2D eigenvalue weighted by atomic mass is 10.0. The van der Waals surface area contributed by atoms with Crippen LogP contribution in [-0.2, 0) is 9.59 Å². The average Bonchev–Trinajstić information content (AvgIpc) is 3.35. The smallest absolute Gasteiger partial charge is 0.282 e. The molecule has 3 aromatic rings. The molecule has 1 aromatic heterocycles. The van der Waals surface area contributed by atoms with Gasteiger partial charge in [-0.3, -0.25) is 9.59 Å². The third kappa shape index (κ3) is 3.86. The van der Waals surface area contributed by atoms with E-state index >= 15 is 0 Å². The first-order chi connectivity index (χ1) is 14.9. The van der Waals surface area contributed by atoms with Crippen LogP contribution in [0.15, 0.2) is 65.7 Å². The minimum atomic E-state index is -0.398. The second-order valence-electron chi connectivity index (χ2n) is 7.75. The summed E-state index contributed by atoms with van der Waals surface area (Å²) < 4.78 is 5.44. The summed E-state index contributed by atoms with van der Waals surface area (Å²) in [6.07, 6.45) is 0. The van der Waals surface area contributed by atoms with Crippen LogP contribution in [0, 0.1) is 6.92 Å². The van der Waals surface area contributed by atoms with Gasteiger partial charge < -0.3 is 10.1 Å². The first kappa shape index (κ1) is 20.9. The van der Waals surface area contributed by atoms with Crippen molar-refractivity contribution < 1.29 is 14.3 Å². The fraction of sp³-hybridized carbons (Fsp3) is 0.200. The molecular formula is C25H24N2O3S. The Morgan fingerprint density at radius 3 is 2.35 bits per heavy atom. The number of thiophene rings is 1. The van der Waals surface area contributed by atoms with Crippen LogP contribution in [0.2, 0.25) is 0 Å². The standard InChI is InChI=1S/C25H24N2O3S/c1-15(2)17-8-10-18(11-9-17)26-23-22(21-6-5-13-31-21)24(28)27(25(23)29)19-14-16(3)7-12-20(19)30-4/h5-15,26H,1-4H3. The number of carbonyl (C=O) groups is 2. The zero-order valence-electron chi connectivity index (χ0n) is 17.9. The number of methoxy groups -OCH3 is 1. The van der Waals surface area contributed by atoms with E-state index < -0.39 is 5.91 Å². The quantitative estimate of drug-likeness (QED) is 0.516. The fourth-order valence-electron chi connectivity index (χ4n) is 3.58. The van der Waals surface area contributed by atoms with Gasteiger partial charge in [0, 0.05) is 10.6 Å². The highest BCUT2D eigenvalue weighted by Crippen LogP contribution is 2.39. The normalized spacial score (nSPS) is 14.0. The molecule has 1 aliphatic heterocycles. The summed E-state index contributed by atoms with van der Waals surface area (Å²) >= 11 is 1.43. The minimum absolute atomic E-state index is 0.272. The number of ether oxygens (including phenoxy) is 1. The van der Waals surface area contributed by atoms with Crippen molar-refractivity contribution >= 4 is 40.1 Å². The van der Waals surface area contributed by atoms with Crippen LogP contribution < -0.4 is 15.0 Å². The van der Waals surface area contributed by atoms with Crippen LogP contribution in [-0.4, -0.2) is 18.9 Å². The van der Waals surface area contributed by atoms with Crippen molar-refractivity contribution in [3.63, 3.8) is 0 Å². The van der Waals surface area contributed by atoms with Crippen LogP contribution in [0.4, 0.5) is 11.4 Å². The third-order valence-corrected chi connectivity index (χ3v) is 6.16. The lowest BCUT2D eigenvalue weighted by molar-refractivity contribution is -0.120. The van der Waals surface area contributed by atoms with E-state index in [0.29, 0.717) is 22.9 Å². The first-order valence-corrected chi connectivity index (χ1v) is 11.0. The van der Waals surface area contributed by atoms with Gasteiger partial charge in [0.2, 0.25) is 0 Å². The molecule has 1 aliphatic rings. The summed E-state index contributed by atoms with van der Waals surface area (Å²) in [6.45, 7) is 6.18. The third-order valence-electron chi connectivity index (χ3n) is 5.27. The van der Waals surface area contributed by atoms with E-state index in [1.807, 2.05) is 54.8 Å². The Labute approximate surface area is 186 Å². The van der Waals surface area contributed by atoms with Gasteiger partial charge in [-0.1, -0.05) is 38.1 Å². The van der Waals surface area contributed by atoms with E-state index in [9.17, 15) is 9.59 Å². The summed E-state index contributed by atoms with van der Waals surface area (Å²) in [4.78, 5) is 29.0. The van der Waals surface area contributed by atoms with E-state index in [1.165, 1.54) is 28.9 Å². The number of anilines is 2. The second-order valence-corrected chi connectivity index (χ2v) is 8.70. The van der Waals surface area contributed by atoms with Gasteiger partial charge in [0.05, 0.1) is 18.4 Å². The number of amides is 2. The van der Waals surface area contributed by atoms with Gasteiger partial charge in [-0.15, -0.1) is 11.3 Å². The van der Waals surface area contributed by atoms with Gasteiger partial charge in [0.1, 0.15) is 11.4 Å². The van der Waals surface area contributed by atoms with Crippen molar-refractivity contribution in [2.45, 2.75) is 26.7 Å². The van der Waals surface area contributed by atoms with Crippen molar-refractivity contribution in [3.05, 3.63) is 81.7 Å². The maximum atomic E-state index is 13.5. The Morgan fingerprint density at radius 1 is 1.00 bits per heavy atom. The van der Waals surface area contributed by atoms with Crippen LogP contribution in [0.1, 0.15) is 35.8 Å². The summed E-state index contributed by atoms with van der Waals surface area (Å²) in [5.41, 5.74) is 3.98. The fourth-order valence-corrected chi connectivity index (χ4v) is 4.35. The molecule has 0 atom stereocenters. The molecule has 0 unspecified atom stereocenters. The molecule has 0 radical (unpaired) electrons. The lowest BCUT2D eigenvalue weighted by Crippen LogP contribution is -2.32. The highest BCUT2D eigenvalue weighted by Gasteiger charge is 2.41. The highest BCUT2D eigenvalue weighted by atomic mass is 32.1. The number of carbonyl (C=O) groups excluding carboxylic acids is 2. The second kappa shape index (κ2) is 8.40. The Hall–Kier alpha value is -3.38. The van der Waals surface area contributed by atoms with Gasteiger partial charge in [0.15, 0.2) is 0 Å². The number of benzene rings is 2. The number of hydrogen-bond acceptors (Lipinski definition) is 5. The van der Waals surface area contributed by atoms with E-state index in [0.717, 1.165) is 16.1 Å². The molecule has 0 saturated heterocycles. The summed E-state index contributed by atoms with van der Waals surface area (Å²) in [6, 6.07) is 17.1. The Balaban J connectivity index is 1.78. The molecule has 6 heteroatoms. The predicted molar refractivity (Wildman–Crippen MR) is 126 cm³/mol. The van der Waals surface area contributed by atoms with Crippen molar-refractivity contribution in [3.8, 4) is 5.75 Å². The summed E-state index contributed by atoms with van der Waals surface area (Å²) in [5.74, 6) is 0.122. The number of aryl methyl sites for hydroxylation is 1. The maximum Gasteiger partial charge on any atom is 0.282 e. The number of nitrogens with zero attached hydrogens (tertiary/aromatic N) is 1. The van der Waals surface area contributed by atoms with E-state index in [4.69, 9.17) is 4.74 Å². The topological polar surface area (TPSA) is 58.6 Å². The van der Waals surface area contributed by atoms with Gasteiger partial charge in [-0.2, -0.15) is 0 Å². The molecule has 0 aliphatic carbocycles. The Bertz CT molecular complexity index is 1160. The number of rotatable bonds is 6. The number of nitrogens with one attached hydrogen (secondary N) is 1. The number of hydrogen-bond donors (Lipinski definition) is 1. The Morgan fingerprint density at radius 2 is 1.74 bits per heavy atom. The average molecular weight is 433 g/mol. The zero-order valence-corrected chi connectivity index (χ0v) is 18.7. The molecule has 0 bridgehead atoms. The van der Waals surface area contributed by atoms with Crippen LogP contribution in [0.25, 0.3) is 5.57 Å². The highest BCUT2D eigenvalue weighted by molar-refractivity contribution is 7.11. The van der Waals surface area contributed by atoms with Gasteiger partial charge in [0.25, 0.3) is 11.8 Å². The van der Waals surface area contributed by atoms with Crippen LogP contribution in [0.3, 0.4) is 0 Å². The number of imide groups is 1. The SMILES string of the molecule is COc1ccc(C)cc1N1C(=O)C(Nc2ccc(C(C)C)cc2)=C(c2cccs2)C1=O. The molecule has 2 amide bonds. The monoisotopic (exact) mass is 432 g/mol. The van der Waals surface area contributed by atoms with E-state index in [-0.39, 0.29) is 11.6 Å². The van der Waals surface area contributed by atoms with Crippen molar-refractivity contribution in [2.75, 3.05) is 17.3 Å². The summed E-state index contributed by atoms with van der Waals surface area (Å²) in [7, 11) is 1.53. The van der Waals surface area contributed by atoms with E-state index in [2.05, 4.69) is 19.2 Å². The van der Waals surface area contributed by atoms with Gasteiger partial charge in [-0.25, -0.2) is 4.90 Å². The Kier molecular flexibility index (Phi) is 5.65. The molecule has 2 aromatic carbocycles. The molecule has 0 saturated carbocycles. The minimum Gasteiger partial charge on any atom is -0.495 e. The van der Waals surface area contributed by atoms with Gasteiger partial charge in [-0.05, 0) is 59.7 Å².